The average molecular weight is 343 g/mol. The Balaban J connectivity index is 2.76. The topological polar surface area (TPSA) is 95.1 Å². The molecule has 1 heterocycles. The van der Waals surface area contributed by atoms with E-state index < -0.39 is 5.91 Å². The first-order valence-corrected chi connectivity index (χ1v) is 8.26. The van der Waals surface area contributed by atoms with Gasteiger partial charge in [-0.25, -0.2) is 0 Å². The highest BCUT2D eigenvalue weighted by Crippen LogP contribution is 2.10. The number of nitrogens with zero attached hydrogens (tertiary/aromatic N) is 2. The van der Waals surface area contributed by atoms with Gasteiger partial charge in [0.2, 0.25) is 0 Å². The molecule has 24 heavy (non-hydrogen) atoms. The lowest BCUT2D eigenvalue weighted by molar-refractivity contribution is -0.115. The van der Waals surface area contributed by atoms with Gasteiger partial charge in [-0.05, 0) is 37.6 Å². The van der Waals surface area contributed by atoms with Crippen molar-refractivity contribution in [2.45, 2.75) is 20.4 Å². The van der Waals surface area contributed by atoms with E-state index in [1.54, 1.807) is 32.1 Å². The summed E-state index contributed by atoms with van der Waals surface area (Å²) in [5.41, 5.74) is 0.328. The minimum atomic E-state index is -0.493. The fourth-order valence-corrected chi connectivity index (χ4v) is 3.37. The molecule has 2 aromatic rings. The Morgan fingerprint density at radius 2 is 2.21 bits per heavy atom. The van der Waals surface area contributed by atoms with Crippen LogP contribution in [0.5, 0.6) is 5.75 Å². The molecule has 2 N–H and O–H groups in total. The van der Waals surface area contributed by atoms with Crippen LogP contribution >= 0.6 is 11.3 Å². The summed E-state index contributed by atoms with van der Waals surface area (Å²) in [5.74, 6) is -0.393. The third-order valence-corrected chi connectivity index (χ3v) is 4.41. The Bertz CT molecular complexity index is 980. The number of thiazole rings is 1. The van der Waals surface area contributed by atoms with Gasteiger partial charge in [-0.3, -0.25) is 14.2 Å². The normalized spacial score (nSPS) is 12.6. The van der Waals surface area contributed by atoms with Gasteiger partial charge in [-0.1, -0.05) is 12.1 Å². The molecule has 1 amide bonds. The fraction of sp³-hybridized carbons (Fsp3) is 0.235. The SMILES string of the molecule is CCNC(=O)C(C#N)=c1sc(=Cc2cccc(O)c2)c(=O)n1CC. The van der Waals surface area contributed by atoms with E-state index >= 15 is 0 Å². The Morgan fingerprint density at radius 3 is 2.79 bits per heavy atom. The summed E-state index contributed by atoms with van der Waals surface area (Å²) >= 11 is 1.09. The summed E-state index contributed by atoms with van der Waals surface area (Å²) in [6.45, 7) is 4.29. The maximum Gasteiger partial charge on any atom is 0.269 e. The van der Waals surface area contributed by atoms with E-state index in [2.05, 4.69) is 5.32 Å². The van der Waals surface area contributed by atoms with Gasteiger partial charge in [0.05, 0.1) is 4.53 Å². The molecule has 0 saturated carbocycles. The van der Waals surface area contributed by atoms with E-state index in [0.717, 1.165) is 11.3 Å². The van der Waals surface area contributed by atoms with Crippen LogP contribution in [0.1, 0.15) is 19.4 Å². The molecule has 0 unspecified atom stereocenters. The number of nitrogens with one attached hydrogen (secondary N) is 1. The molecule has 0 aliphatic carbocycles. The molecule has 1 aromatic carbocycles. The second kappa shape index (κ2) is 7.62. The van der Waals surface area contributed by atoms with Crippen molar-refractivity contribution in [3.63, 3.8) is 0 Å². The number of phenols is 1. The Hall–Kier alpha value is -2.85. The standard InChI is InChI=1S/C17H17N3O3S/c1-3-19-15(22)13(10-18)17-20(4-2)16(23)14(24-17)9-11-6-5-7-12(21)8-11/h5-9,21H,3-4H2,1-2H3,(H,19,22). The van der Waals surface area contributed by atoms with Crippen molar-refractivity contribution < 1.29 is 9.90 Å². The molecule has 6 nitrogen and oxygen atoms in total. The van der Waals surface area contributed by atoms with Crippen LogP contribution in [0.25, 0.3) is 11.6 Å². The van der Waals surface area contributed by atoms with Crippen LogP contribution in [0, 0.1) is 11.3 Å². The molecule has 0 fully saturated rings. The average Bonchev–Trinajstić information content (AvgIpc) is 2.84. The quantitative estimate of drug-likeness (QED) is 0.833. The zero-order chi connectivity index (χ0) is 17.7. The van der Waals surface area contributed by atoms with Crippen LogP contribution in [0.2, 0.25) is 0 Å². The predicted molar refractivity (Wildman–Crippen MR) is 92.9 cm³/mol. The molecule has 0 bridgehead atoms. The monoisotopic (exact) mass is 343 g/mol. The summed E-state index contributed by atoms with van der Waals surface area (Å²) in [6, 6.07) is 8.40. The molecule has 0 spiro atoms. The molecule has 0 atom stereocenters. The summed E-state index contributed by atoms with van der Waals surface area (Å²) in [4.78, 5) is 24.6. The highest BCUT2D eigenvalue weighted by atomic mass is 32.1. The number of amides is 1. The highest BCUT2D eigenvalue weighted by Gasteiger charge is 2.14. The van der Waals surface area contributed by atoms with E-state index in [4.69, 9.17) is 0 Å². The lowest BCUT2D eigenvalue weighted by Crippen LogP contribution is -2.34. The predicted octanol–water partition coefficient (Wildman–Crippen LogP) is 0.274. The van der Waals surface area contributed by atoms with Gasteiger partial charge >= 0.3 is 0 Å². The zero-order valence-corrected chi connectivity index (χ0v) is 14.2. The van der Waals surface area contributed by atoms with Crippen LogP contribution in [0.3, 0.4) is 0 Å². The van der Waals surface area contributed by atoms with Gasteiger partial charge < -0.3 is 10.4 Å². The molecule has 0 aliphatic heterocycles. The summed E-state index contributed by atoms with van der Waals surface area (Å²) in [7, 11) is 0. The van der Waals surface area contributed by atoms with Crippen LogP contribution in [0.15, 0.2) is 29.1 Å². The molecule has 0 aliphatic rings. The number of aromatic hydroxyl groups is 1. The number of rotatable bonds is 4. The molecule has 1 aromatic heterocycles. The van der Waals surface area contributed by atoms with E-state index in [-0.39, 0.29) is 16.9 Å². The lowest BCUT2D eigenvalue weighted by Gasteiger charge is -2.00. The molecular weight excluding hydrogens is 326 g/mol. The van der Waals surface area contributed by atoms with Gasteiger partial charge in [0.1, 0.15) is 16.5 Å². The van der Waals surface area contributed by atoms with Crippen molar-refractivity contribution in [3.05, 3.63) is 49.4 Å². The molecule has 124 valence electrons. The summed E-state index contributed by atoms with van der Waals surface area (Å²) < 4.78 is 2.14. The van der Waals surface area contributed by atoms with Crippen LogP contribution in [0.4, 0.5) is 0 Å². The van der Waals surface area contributed by atoms with Gasteiger partial charge in [0.25, 0.3) is 11.5 Å². The smallest absolute Gasteiger partial charge is 0.269 e. The van der Waals surface area contributed by atoms with Gasteiger partial charge in [-0.2, -0.15) is 5.26 Å². The number of nitriles is 1. The van der Waals surface area contributed by atoms with Crippen molar-refractivity contribution in [1.82, 2.24) is 9.88 Å². The maximum absolute atomic E-state index is 12.5. The van der Waals surface area contributed by atoms with Crippen molar-refractivity contribution in [1.29, 1.82) is 5.26 Å². The summed E-state index contributed by atoms with van der Waals surface area (Å²) in [5, 5.41) is 21.4. The maximum atomic E-state index is 12.5. The van der Waals surface area contributed by atoms with Crippen molar-refractivity contribution in [2.75, 3.05) is 6.54 Å². The van der Waals surface area contributed by atoms with Crippen LogP contribution in [-0.4, -0.2) is 22.1 Å². The van der Waals surface area contributed by atoms with Crippen molar-refractivity contribution >= 4 is 28.9 Å². The molecule has 0 saturated heterocycles. The number of phenolic OH excluding ortho intramolecular Hbond substituents is 1. The third-order valence-electron chi connectivity index (χ3n) is 3.28. The minimum absolute atomic E-state index is 0.0728. The number of aromatic nitrogens is 1. The minimum Gasteiger partial charge on any atom is -0.508 e. The number of hydrogen-bond acceptors (Lipinski definition) is 5. The van der Waals surface area contributed by atoms with Gasteiger partial charge in [0, 0.05) is 13.1 Å². The first-order valence-electron chi connectivity index (χ1n) is 7.44. The van der Waals surface area contributed by atoms with E-state index in [9.17, 15) is 20.0 Å². The Labute approximate surface area is 142 Å². The zero-order valence-electron chi connectivity index (χ0n) is 13.4. The van der Waals surface area contributed by atoms with Crippen LogP contribution < -0.4 is 20.1 Å². The molecule has 7 heteroatoms. The number of benzene rings is 1. The number of carbonyl (C=O) groups is 1. The van der Waals surface area contributed by atoms with E-state index in [1.807, 2.05) is 6.07 Å². The number of carbonyl (C=O) groups excluding carboxylic acids is 1. The van der Waals surface area contributed by atoms with E-state index in [0.29, 0.717) is 27.8 Å². The van der Waals surface area contributed by atoms with Gasteiger partial charge in [0.15, 0.2) is 5.57 Å². The summed E-state index contributed by atoms with van der Waals surface area (Å²) in [6.07, 6.45) is 1.63. The van der Waals surface area contributed by atoms with Gasteiger partial charge in [-0.15, -0.1) is 11.3 Å². The van der Waals surface area contributed by atoms with Crippen molar-refractivity contribution in [2.24, 2.45) is 0 Å². The highest BCUT2D eigenvalue weighted by molar-refractivity contribution is 7.07. The van der Waals surface area contributed by atoms with E-state index in [1.165, 1.54) is 16.7 Å². The first kappa shape index (κ1) is 17.5. The Morgan fingerprint density at radius 1 is 1.46 bits per heavy atom. The second-order valence-electron chi connectivity index (χ2n) is 4.91. The largest absolute Gasteiger partial charge is 0.508 e. The van der Waals surface area contributed by atoms with Crippen molar-refractivity contribution in [3.8, 4) is 11.8 Å². The third kappa shape index (κ3) is 3.55. The molecule has 2 rings (SSSR count). The first-order chi connectivity index (χ1) is 11.5. The van der Waals surface area contributed by atoms with Crippen LogP contribution in [-0.2, 0) is 11.3 Å². The molecule has 0 radical (unpaired) electrons. The molecular formula is C17H17N3O3S. The Kier molecular flexibility index (Phi) is 5.55. The lowest BCUT2D eigenvalue weighted by atomic mass is 10.2. The second-order valence-corrected chi connectivity index (χ2v) is 5.94. The fourth-order valence-electron chi connectivity index (χ4n) is 2.20. The number of hydrogen-bond donors (Lipinski definition) is 2.